The Morgan fingerprint density at radius 2 is 1.95 bits per heavy atom. The zero-order chi connectivity index (χ0) is 15.2. The zero-order valence-corrected chi connectivity index (χ0v) is 12.3. The minimum atomic E-state index is -2.98. The van der Waals surface area contributed by atoms with Crippen molar-refractivity contribution in [3.63, 3.8) is 0 Å². The van der Waals surface area contributed by atoms with Gasteiger partial charge in [-0.25, -0.2) is 13.2 Å². The Morgan fingerprint density at radius 3 is 2.45 bits per heavy atom. The standard InChI is InChI=1S/C13H19NO5S/c1-10(9-20(2,17)18)14-7-8-19-12-5-3-11(4-6-12)13(15)16/h3-6,10,14H,7-9H2,1-2H3,(H,15,16). The first-order chi connectivity index (χ1) is 9.28. The molecule has 2 N–H and O–H groups in total. The quantitative estimate of drug-likeness (QED) is 0.690. The molecule has 0 aliphatic carbocycles. The highest BCUT2D eigenvalue weighted by Gasteiger charge is 2.09. The predicted octanol–water partition coefficient (Wildman–Crippen LogP) is 0.786. The largest absolute Gasteiger partial charge is 0.492 e. The summed E-state index contributed by atoms with van der Waals surface area (Å²) in [6, 6.07) is 5.98. The van der Waals surface area contributed by atoms with Crippen LogP contribution < -0.4 is 10.1 Å². The third kappa shape index (κ3) is 6.53. The molecule has 1 aromatic rings. The lowest BCUT2D eigenvalue weighted by atomic mass is 10.2. The van der Waals surface area contributed by atoms with Gasteiger partial charge in [0.25, 0.3) is 0 Å². The van der Waals surface area contributed by atoms with Crippen LogP contribution >= 0.6 is 0 Å². The van der Waals surface area contributed by atoms with Crippen LogP contribution in [0, 0.1) is 0 Å². The van der Waals surface area contributed by atoms with Crippen LogP contribution in [0.2, 0.25) is 0 Å². The van der Waals surface area contributed by atoms with Crippen LogP contribution in [-0.4, -0.2) is 50.7 Å². The Balaban J connectivity index is 2.29. The number of carbonyl (C=O) groups is 1. The predicted molar refractivity (Wildman–Crippen MR) is 76.1 cm³/mol. The van der Waals surface area contributed by atoms with E-state index in [0.717, 1.165) is 0 Å². The molecule has 1 unspecified atom stereocenters. The highest BCUT2D eigenvalue weighted by Crippen LogP contribution is 2.11. The number of ether oxygens (including phenoxy) is 1. The summed E-state index contributed by atoms with van der Waals surface area (Å²) < 4.78 is 27.5. The minimum absolute atomic E-state index is 0.0836. The lowest BCUT2D eigenvalue weighted by molar-refractivity contribution is 0.0697. The molecule has 20 heavy (non-hydrogen) atoms. The second kappa shape index (κ2) is 7.25. The van der Waals surface area contributed by atoms with Crippen LogP contribution in [-0.2, 0) is 9.84 Å². The first-order valence-corrected chi connectivity index (χ1v) is 8.21. The Hall–Kier alpha value is -1.60. The summed E-state index contributed by atoms with van der Waals surface area (Å²) in [7, 11) is -2.98. The second-order valence-corrected chi connectivity index (χ2v) is 6.81. The van der Waals surface area contributed by atoms with E-state index in [1.807, 2.05) is 0 Å². The smallest absolute Gasteiger partial charge is 0.335 e. The molecule has 0 amide bonds. The fourth-order valence-electron chi connectivity index (χ4n) is 1.68. The van der Waals surface area contributed by atoms with E-state index in [4.69, 9.17) is 9.84 Å². The Morgan fingerprint density at radius 1 is 1.35 bits per heavy atom. The Labute approximate surface area is 118 Å². The fraction of sp³-hybridized carbons (Fsp3) is 0.462. The second-order valence-electron chi connectivity index (χ2n) is 4.63. The topological polar surface area (TPSA) is 92.7 Å². The molecule has 0 aromatic heterocycles. The van der Waals surface area contributed by atoms with Gasteiger partial charge in [0.2, 0.25) is 0 Å². The summed E-state index contributed by atoms with van der Waals surface area (Å²) in [4.78, 5) is 10.7. The van der Waals surface area contributed by atoms with Crippen LogP contribution in [0.5, 0.6) is 5.75 Å². The van der Waals surface area contributed by atoms with Crippen LogP contribution in [0.4, 0.5) is 0 Å². The molecule has 0 aliphatic rings. The van der Waals surface area contributed by atoms with Crippen LogP contribution in [0.15, 0.2) is 24.3 Å². The van der Waals surface area contributed by atoms with E-state index in [0.29, 0.717) is 18.9 Å². The summed E-state index contributed by atoms with van der Waals surface area (Å²) in [5, 5.41) is 11.8. The molecule has 112 valence electrons. The average molecular weight is 301 g/mol. The van der Waals surface area contributed by atoms with Gasteiger partial charge in [0.1, 0.15) is 22.2 Å². The summed E-state index contributed by atoms with van der Waals surface area (Å²) in [6.45, 7) is 2.68. The molecule has 0 aliphatic heterocycles. The van der Waals surface area contributed by atoms with Crippen molar-refractivity contribution in [2.75, 3.05) is 25.2 Å². The molecular weight excluding hydrogens is 282 g/mol. The maximum Gasteiger partial charge on any atom is 0.335 e. The summed E-state index contributed by atoms with van der Waals surface area (Å²) in [5.41, 5.74) is 0.206. The molecule has 0 heterocycles. The molecule has 0 radical (unpaired) electrons. The lowest BCUT2D eigenvalue weighted by Crippen LogP contribution is -2.35. The molecule has 0 saturated carbocycles. The van der Waals surface area contributed by atoms with Gasteiger partial charge in [-0.15, -0.1) is 0 Å². The van der Waals surface area contributed by atoms with Gasteiger partial charge in [-0.3, -0.25) is 0 Å². The van der Waals surface area contributed by atoms with E-state index in [1.165, 1.54) is 18.4 Å². The van der Waals surface area contributed by atoms with E-state index >= 15 is 0 Å². The van der Waals surface area contributed by atoms with Gasteiger partial charge in [-0.1, -0.05) is 0 Å². The molecular formula is C13H19NO5S. The minimum Gasteiger partial charge on any atom is -0.492 e. The number of carboxylic acid groups (broad SMARTS) is 1. The van der Waals surface area contributed by atoms with Gasteiger partial charge in [-0.2, -0.15) is 0 Å². The third-order valence-corrected chi connectivity index (χ3v) is 3.62. The van der Waals surface area contributed by atoms with Crippen LogP contribution in [0.1, 0.15) is 17.3 Å². The first kappa shape index (κ1) is 16.5. The Kier molecular flexibility index (Phi) is 5.97. The van der Waals surface area contributed by atoms with Gasteiger partial charge >= 0.3 is 5.97 Å². The molecule has 1 aromatic carbocycles. The molecule has 0 bridgehead atoms. The fourth-order valence-corrected chi connectivity index (χ4v) is 2.71. The van der Waals surface area contributed by atoms with Gasteiger partial charge in [0, 0.05) is 18.8 Å². The number of rotatable bonds is 8. The normalized spacial score (nSPS) is 12.9. The monoisotopic (exact) mass is 301 g/mol. The van der Waals surface area contributed by atoms with Crippen molar-refractivity contribution in [2.24, 2.45) is 0 Å². The molecule has 7 heteroatoms. The third-order valence-electron chi connectivity index (χ3n) is 2.52. The molecule has 0 fully saturated rings. The van der Waals surface area contributed by atoms with Crippen molar-refractivity contribution in [3.05, 3.63) is 29.8 Å². The number of carboxylic acids is 1. The van der Waals surface area contributed by atoms with Crippen molar-refractivity contribution < 1.29 is 23.1 Å². The number of hydrogen-bond acceptors (Lipinski definition) is 5. The number of nitrogens with one attached hydrogen (secondary N) is 1. The van der Waals surface area contributed by atoms with Crippen molar-refractivity contribution in [1.82, 2.24) is 5.32 Å². The van der Waals surface area contributed by atoms with Crippen molar-refractivity contribution in [3.8, 4) is 5.75 Å². The van der Waals surface area contributed by atoms with Crippen molar-refractivity contribution >= 4 is 15.8 Å². The molecule has 0 saturated heterocycles. The number of benzene rings is 1. The Bertz CT molecular complexity index is 538. The zero-order valence-electron chi connectivity index (χ0n) is 11.5. The SMILES string of the molecule is CC(CS(C)(=O)=O)NCCOc1ccc(C(=O)O)cc1. The number of aromatic carboxylic acids is 1. The van der Waals surface area contributed by atoms with E-state index in [2.05, 4.69) is 5.32 Å². The van der Waals surface area contributed by atoms with Crippen LogP contribution in [0.25, 0.3) is 0 Å². The van der Waals surface area contributed by atoms with Gasteiger partial charge in [0.05, 0.1) is 11.3 Å². The van der Waals surface area contributed by atoms with Crippen molar-refractivity contribution in [1.29, 1.82) is 0 Å². The molecule has 6 nitrogen and oxygen atoms in total. The summed E-state index contributed by atoms with van der Waals surface area (Å²) in [6.07, 6.45) is 1.20. The molecule has 1 atom stereocenters. The van der Waals surface area contributed by atoms with Crippen LogP contribution in [0.3, 0.4) is 0 Å². The summed E-state index contributed by atoms with van der Waals surface area (Å²) in [5.74, 6) is -0.319. The highest BCUT2D eigenvalue weighted by atomic mass is 32.2. The molecule has 0 spiro atoms. The first-order valence-electron chi connectivity index (χ1n) is 6.15. The lowest BCUT2D eigenvalue weighted by Gasteiger charge is -2.13. The number of sulfone groups is 1. The van der Waals surface area contributed by atoms with E-state index < -0.39 is 15.8 Å². The maximum absolute atomic E-state index is 11.1. The highest BCUT2D eigenvalue weighted by molar-refractivity contribution is 7.90. The van der Waals surface area contributed by atoms with Crippen molar-refractivity contribution in [2.45, 2.75) is 13.0 Å². The van der Waals surface area contributed by atoms with E-state index in [9.17, 15) is 13.2 Å². The van der Waals surface area contributed by atoms with Gasteiger partial charge < -0.3 is 15.2 Å². The van der Waals surface area contributed by atoms with E-state index in [1.54, 1.807) is 19.1 Å². The molecule has 1 rings (SSSR count). The average Bonchev–Trinajstić information content (AvgIpc) is 2.33. The number of hydrogen-bond donors (Lipinski definition) is 2. The summed E-state index contributed by atoms with van der Waals surface area (Å²) >= 11 is 0. The van der Waals surface area contributed by atoms with Gasteiger partial charge in [-0.05, 0) is 31.2 Å². The van der Waals surface area contributed by atoms with E-state index in [-0.39, 0.29) is 17.4 Å². The maximum atomic E-state index is 11.1. The van der Waals surface area contributed by atoms with Gasteiger partial charge in [0.15, 0.2) is 0 Å².